The van der Waals surface area contributed by atoms with E-state index in [1.165, 1.54) is 16.8 Å². The SMILES string of the molecule is CC(C)c1ccc2c(c1)C1CC(CO)CCC1[C@H](c1ccc(F)cc1)N2. The zero-order valence-corrected chi connectivity index (χ0v) is 15.6. The molecule has 0 spiro atoms. The molecular weight excluding hydrogens is 325 g/mol. The van der Waals surface area contributed by atoms with Crippen LogP contribution in [0.15, 0.2) is 42.5 Å². The van der Waals surface area contributed by atoms with Crippen molar-refractivity contribution in [3.63, 3.8) is 0 Å². The van der Waals surface area contributed by atoms with E-state index in [9.17, 15) is 9.50 Å². The van der Waals surface area contributed by atoms with Gasteiger partial charge in [0.25, 0.3) is 0 Å². The van der Waals surface area contributed by atoms with Gasteiger partial charge in [0.05, 0.1) is 6.04 Å². The predicted octanol–water partition coefficient (Wildman–Crippen LogP) is 5.61. The van der Waals surface area contributed by atoms with Crippen LogP contribution in [0.4, 0.5) is 10.1 Å². The zero-order chi connectivity index (χ0) is 18.3. The van der Waals surface area contributed by atoms with Crippen LogP contribution in [-0.4, -0.2) is 11.7 Å². The van der Waals surface area contributed by atoms with E-state index in [0.717, 1.165) is 24.8 Å². The summed E-state index contributed by atoms with van der Waals surface area (Å²) in [5, 5.41) is 13.5. The van der Waals surface area contributed by atoms with Crippen LogP contribution in [0, 0.1) is 17.7 Å². The lowest BCUT2D eigenvalue weighted by Gasteiger charge is -2.46. The summed E-state index contributed by atoms with van der Waals surface area (Å²) in [4.78, 5) is 0. The molecule has 1 aliphatic heterocycles. The zero-order valence-electron chi connectivity index (χ0n) is 15.6. The van der Waals surface area contributed by atoms with Gasteiger partial charge < -0.3 is 10.4 Å². The Labute approximate surface area is 155 Å². The molecule has 2 N–H and O–H groups in total. The van der Waals surface area contributed by atoms with Crippen molar-refractivity contribution in [2.24, 2.45) is 11.8 Å². The maximum absolute atomic E-state index is 13.4. The fourth-order valence-corrected chi connectivity index (χ4v) is 4.86. The number of hydrogen-bond acceptors (Lipinski definition) is 2. The minimum absolute atomic E-state index is 0.188. The quantitative estimate of drug-likeness (QED) is 0.752. The van der Waals surface area contributed by atoms with E-state index in [4.69, 9.17) is 0 Å². The van der Waals surface area contributed by atoms with Crippen LogP contribution in [0.25, 0.3) is 0 Å². The fraction of sp³-hybridized carbons (Fsp3) is 0.478. The molecule has 0 radical (unpaired) electrons. The molecule has 0 amide bonds. The van der Waals surface area contributed by atoms with Crippen molar-refractivity contribution in [2.45, 2.75) is 51.0 Å². The molecule has 2 aromatic rings. The Hall–Kier alpha value is -1.87. The van der Waals surface area contributed by atoms with E-state index in [1.54, 1.807) is 12.1 Å². The van der Waals surface area contributed by atoms with Gasteiger partial charge in [-0.3, -0.25) is 0 Å². The number of fused-ring (bicyclic) bond motifs is 3. The Morgan fingerprint density at radius 2 is 1.88 bits per heavy atom. The van der Waals surface area contributed by atoms with Crippen molar-refractivity contribution in [1.82, 2.24) is 0 Å². The Kier molecular flexibility index (Phi) is 4.74. The smallest absolute Gasteiger partial charge is 0.123 e. The molecule has 26 heavy (non-hydrogen) atoms. The molecule has 0 aromatic heterocycles. The second-order valence-electron chi connectivity index (χ2n) is 8.31. The predicted molar refractivity (Wildman–Crippen MR) is 104 cm³/mol. The average molecular weight is 353 g/mol. The third-order valence-corrected chi connectivity index (χ3v) is 6.38. The molecule has 0 saturated heterocycles. The summed E-state index contributed by atoms with van der Waals surface area (Å²) < 4.78 is 13.4. The Morgan fingerprint density at radius 1 is 1.12 bits per heavy atom. The van der Waals surface area contributed by atoms with Gasteiger partial charge in [0, 0.05) is 12.3 Å². The first kappa shape index (κ1) is 17.5. The van der Waals surface area contributed by atoms with Gasteiger partial charge in [-0.05, 0) is 77.8 Å². The van der Waals surface area contributed by atoms with Crippen molar-refractivity contribution in [3.05, 3.63) is 65.0 Å². The molecule has 2 aliphatic rings. The molecular formula is C23H28FNO. The fourth-order valence-electron chi connectivity index (χ4n) is 4.86. The summed E-state index contributed by atoms with van der Waals surface area (Å²) >= 11 is 0. The second kappa shape index (κ2) is 7.03. The summed E-state index contributed by atoms with van der Waals surface area (Å²) in [6.07, 6.45) is 3.20. The van der Waals surface area contributed by atoms with Gasteiger partial charge in [-0.15, -0.1) is 0 Å². The average Bonchev–Trinajstić information content (AvgIpc) is 2.67. The van der Waals surface area contributed by atoms with Gasteiger partial charge in [-0.25, -0.2) is 4.39 Å². The van der Waals surface area contributed by atoms with Crippen LogP contribution in [0.5, 0.6) is 0 Å². The number of anilines is 1. The highest BCUT2D eigenvalue weighted by atomic mass is 19.1. The standard InChI is InChI=1S/C23H28FNO/c1-14(2)17-6-10-22-21(12-17)20-11-15(13-26)3-9-19(20)23(25-22)16-4-7-18(24)8-5-16/h4-8,10,12,14-15,19-20,23,25-26H,3,9,11,13H2,1-2H3/t15?,19?,20?,23-/m0/s1. The molecule has 2 nitrogen and oxygen atoms in total. The van der Waals surface area contributed by atoms with Crippen LogP contribution in [0.2, 0.25) is 0 Å². The van der Waals surface area contributed by atoms with Crippen molar-refractivity contribution in [2.75, 3.05) is 11.9 Å². The monoisotopic (exact) mass is 353 g/mol. The minimum Gasteiger partial charge on any atom is -0.396 e. The lowest BCUT2D eigenvalue weighted by molar-refractivity contribution is 0.139. The van der Waals surface area contributed by atoms with Crippen LogP contribution >= 0.6 is 0 Å². The van der Waals surface area contributed by atoms with Gasteiger partial charge in [-0.2, -0.15) is 0 Å². The highest BCUT2D eigenvalue weighted by Crippen LogP contribution is 2.52. The van der Waals surface area contributed by atoms with Gasteiger partial charge in [0.1, 0.15) is 5.82 Å². The molecule has 3 unspecified atom stereocenters. The molecule has 1 saturated carbocycles. The normalized spacial score (nSPS) is 27.6. The number of aliphatic hydroxyl groups is 1. The van der Waals surface area contributed by atoms with E-state index < -0.39 is 0 Å². The lowest BCUT2D eigenvalue weighted by Crippen LogP contribution is -2.36. The molecule has 1 aliphatic carbocycles. The van der Waals surface area contributed by atoms with Crippen LogP contribution < -0.4 is 5.32 Å². The first-order valence-electron chi connectivity index (χ1n) is 9.83. The molecule has 2 aromatic carbocycles. The van der Waals surface area contributed by atoms with E-state index in [1.807, 2.05) is 12.1 Å². The number of benzene rings is 2. The summed E-state index contributed by atoms with van der Waals surface area (Å²) in [5.41, 5.74) is 5.12. The second-order valence-corrected chi connectivity index (χ2v) is 8.31. The number of halogens is 1. The third-order valence-electron chi connectivity index (χ3n) is 6.38. The van der Waals surface area contributed by atoms with E-state index in [-0.39, 0.29) is 18.5 Å². The van der Waals surface area contributed by atoms with E-state index in [2.05, 4.69) is 37.4 Å². The minimum atomic E-state index is -0.188. The Morgan fingerprint density at radius 3 is 2.58 bits per heavy atom. The van der Waals surface area contributed by atoms with Crippen molar-refractivity contribution in [1.29, 1.82) is 0 Å². The van der Waals surface area contributed by atoms with Crippen LogP contribution in [0.3, 0.4) is 0 Å². The highest BCUT2D eigenvalue weighted by molar-refractivity contribution is 5.59. The summed E-state index contributed by atoms with van der Waals surface area (Å²) in [6, 6.07) is 13.9. The number of aliphatic hydroxyl groups excluding tert-OH is 1. The number of rotatable bonds is 3. The van der Waals surface area contributed by atoms with Gasteiger partial charge in [0.15, 0.2) is 0 Å². The highest BCUT2D eigenvalue weighted by Gasteiger charge is 2.41. The number of hydrogen-bond donors (Lipinski definition) is 2. The largest absolute Gasteiger partial charge is 0.396 e. The van der Waals surface area contributed by atoms with Gasteiger partial charge >= 0.3 is 0 Å². The summed E-state index contributed by atoms with van der Waals surface area (Å²) in [5.74, 6) is 1.64. The van der Waals surface area contributed by atoms with E-state index in [0.29, 0.717) is 23.7 Å². The van der Waals surface area contributed by atoms with E-state index >= 15 is 0 Å². The molecule has 4 rings (SSSR count). The third kappa shape index (κ3) is 3.14. The summed E-state index contributed by atoms with van der Waals surface area (Å²) in [7, 11) is 0. The molecule has 0 bridgehead atoms. The number of nitrogens with one attached hydrogen (secondary N) is 1. The molecule has 3 heteroatoms. The Balaban J connectivity index is 1.75. The maximum atomic E-state index is 13.4. The first-order valence-corrected chi connectivity index (χ1v) is 9.83. The topological polar surface area (TPSA) is 32.3 Å². The summed E-state index contributed by atoms with van der Waals surface area (Å²) in [6.45, 7) is 4.74. The van der Waals surface area contributed by atoms with Crippen molar-refractivity contribution in [3.8, 4) is 0 Å². The van der Waals surface area contributed by atoms with Crippen LogP contribution in [-0.2, 0) is 0 Å². The molecule has 1 heterocycles. The van der Waals surface area contributed by atoms with Gasteiger partial charge in [0.2, 0.25) is 0 Å². The molecule has 138 valence electrons. The lowest BCUT2D eigenvalue weighted by atomic mass is 9.65. The molecule has 4 atom stereocenters. The van der Waals surface area contributed by atoms with Crippen molar-refractivity contribution >= 4 is 5.69 Å². The Bertz CT molecular complexity index is 770. The van der Waals surface area contributed by atoms with Gasteiger partial charge in [-0.1, -0.05) is 38.1 Å². The first-order chi connectivity index (χ1) is 12.6. The maximum Gasteiger partial charge on any atom is 0.123 e. The molecule has 1 fully saturated rings. The van der Waals surface area contributed by atoms with Crippen molar-refractivity contribution < 1.29 is 9.50 Å². The van der Waals surface area contributed by atoms with Crippen LogP contribution in [0.1, 0.15) is 67.7 Å².